The van der Waals surface area contributed by atoms with Crippen molar-refractivity contribution in [1.29, 1.82) is 0 Å². The fourth-order valence-corrected chi connectivity index (χ4v) is 4.50. The van der Waals surface area contributed by atoms with Gasteiger partial charge in [0, 0.05) is 12.5 Å². The van der Waals surface area contributed by atoms with Gasteiger partial charge in [-0.05, 0) is 26.3 Å². The van der Waals surface area contributed by atoms with E-state index in [4.69, 9.17) is 28.4 Å². The minimum Gasteiger partial charge on any atom is -0.460 e. The predicted octanol–water partition coefficient (Wildman–Crippen LogP) is 3.66. The summed E-state index contributed by atoms with van der Waals surface area (Å²) in [6, 6.07) is 18.6. The molecule has 38 heavy (non-hydrogen) atoms. The summed E-state index contributed by atoms with van der Waals surface area (Å²) < 4.78 is 36.4. The number of fused-ring (bicyclic) bond motifs is 1. The van der Waals surface area contributed by atoms with Crippen LogP contribution in [-0.2, 0) is 44.6 Å². The van der Waals surface area contributed by atoms with Crippen LogP contribution in [-0.4, -0.2) is 61.3 Å². The highest BCUT2D eigenvalue weighted by Crippen LogP contribution is 2.36. The highest BCUT2D eigenvalue weighted by atomic mass is 16.7. The van der Waals surface area contributed by atoms with Gasteiger partial charge >= 0.3 is 5.97 Å². The zero-order chi connectivity index (χ0) is 27.1. The molecule has 0 aromatic heterocycles. The Morgan fingerprint density at radius 1 is 0.974 bits per heavy atom. The van der Waals surface area contributed by atoms with Crippen molar-refractivity contribution in [3.63, 3.8) is 0 Å². The summed E-state index contributed by atoms with van der Waals surface area (Å²) in [6.07, 6.45) is -3.16. The lowest BCUT2D eigenvalue weighted by Gasteiger charge is -2.49. The van der Waals surface area contributed by atoms with Crippen LogP contribution in [0.2, 0.25) is 0 Å². The van der Waals surface area contributed by atoms with Crippen LogP contribution in [0.3, 0.4) is 0 Å². The molecule has 2 aromatic carbocycles. The van der Waals surface area contributed by atoms with Crippen LogP contribution in [0, 0.1) is 0 Å². The maximum absolute atomic E-state index is 12.3. The number of hydrogen-bond acceptors (Lipinski definition) is 8. The molecule has 2 aliphatic heterocycles. The van der Waals surface area contributed by atoms with Crippen molar-refractivity contribution in [2.24, 2.45) is 0 Å². The molecule has 0 saturated carbocycles. The van der Waals surface area contributed by atoms with Gasteiger partial charge in [-0.25, -0.2) is 0 Å². The van der Waals surface area contributed by atoms with Crippen molar-refractivity contribution in [3.8, 4) is 0 Å². The second-order valence-electron chi connectivity index (χ2n) is 10.4. The first-order valence-corrected chi connectivity index (χ1v) is 12.9. The molecule has 9 nitrogen and oxygen atoms in total. The minimum atomic E-state index is -0.827. The Bertz CT molecular complexity index is 1040. The number of amides is 1. The molecule has 2 aromatic rings. The molecule has 4 rings (SSSR count). The molecule has 0 unspecified atom stereocenters. The molecule has 0 aliphatic carbocycles. The molecule has 2 heterocycles. The van der Waals surface area contributed by atoms with E-state index in [0.717, 1.165) is 11.1 Å². The smallest absolute Gasteiger partial charge is 0.308 e. The third kappa shape index (κ3) is 7.85. The summed E-state index contributed by atoms with van der Waals surface area (Å²) in [4.78, 5) is 24.6. The Morgan fingerprint density at radius 3 is 2.32 bits per heavy atom. The molecule has 9 heteroatoms. The van der Waals surface area contributed by atoms with E-state index in [2.05, 4.69) is 5.32 Å². The number of benzene rings is 2. The van der Waals surface area contributed by atoms with Crippen molar-refractivity contribution in [3.05, 3.63) is 71.8 Å². The first kappa shape index (κ1) is 28.2. The lowest BCUT2D eigenvalue weighted by Crippen LogP contribution is -2.67. The van der Waals surface area contributed by atoms with Crippen LogP contribution in [0.5, 0.6) is 0 Å². The lowest BCUT2D eigenvalue weighted by molar-refractivity contribution is -0.349. The van der Waals surface area contributed by atoms with Gasteiger partial charge in [0.05, 0.1) is 26.2 Å². The molecule has 1 N–H and O–H groups in total. The Kier molecular flexibility index (Phi) is 9.51. The molecule has 2 saturated heterocycles. The molecule has 2 aliphatic rings. The topological polar surface area (TPSA) is 102 Å². The zero-order valence-electron chi connectivity index (χ0n) is 22.3. The first-order chi connectivity index (χ1) is 18.2. The summed E-state index contributed by atoms with van der Waals surface area (Å²) in [5.74, 6) is -0.637. The second kappa shape index (κ2) is 12.8. The zero-order valence-corrected chi connectivity index (χ0v) is 22.3. The number of rotatable bonds is 9. The number of carbonyl (C=O) groups excluding carboxylic acids is 2. The number of nitrogens with one attached hydrogen (secondary N) is 1. The van der Waals surface area contributed by atoms with E-state index >= 15 is 0 Å². The van der Waals surface area contributed by atoms with Gasteiger partial charge in [0.1, 0.15) is 30.0 Å². The van der Waals surface area contributed by atoms with Crippen LogP contribution in [0.15, 0.2) is 60.7 Å². The Balaban J connectivity index is 1.53. The summed E-state index contributed by atoms with van der Waals surface area (Å²) in [5.41, 5.74) is 1.22. The average Bonchev–Trinajstić information content (AvgIpc) is 2.88. The van der Waals surface area contributed by atoms with Gasteiger partial charge in [-0.3, -0.25) is 9.59 Å². The van der Waals surface area contributed by atoms with E-state index in [0.29, 0.717) is 0 Å². The molecular weight excluding hydrogens is 490 g/mol. The Morgan fingerprint density at radius 2 is 1.66 bits per heavy atom. The largest absolute Gasteiger partial charge is 0.460 e. The number of carbonyl (C=O) groups is 2. The third-order valence-electron chi connectivity index (χ3n) is 6.07. The molecule has 0 radical (unpaired) electrons. The van der Waals surface area contributed by atoms with Gasteiger partial charge in [0.25, 0.3) is 0 Å². The van der Waals surface area contributed by atoms with Crippen LogP contribution in [0.1, 0.15) is 51.5 Å². The van der Waals surface area contributed by atoms with Crippen molar-refractivity contribution in [1.82, 2.24) is 5.32 Å². The van der Waals surface area contributed by atoms with Gasteiger partial charge in [0.2, 0.25) is 5.91 Å². The van der Waals surface area contributed by atoms with Crippen LogP contribution in [0.4, 0.5) is 0 Å². The normalized spacial score (nSPS) is 27.3. The van der Waals surface area contributed by atoms with Crippen molar-refractivity contribution >= 4 is 11.9 Å². The summed E-state index contributed by atoms with van der Waals surface area (Å²) in [5, 5.41) is 2.93. The maximum Gasteiger partial charge on any atom is 0.308 e. The van der Waals surface area contributed by atoms with Crippen molar-refractivity contribution in [2.75, 3.05) is 13.2 Å². The number of hydrogen-bond donors (Lipinski definition) is 1. The van der Waals surface area contributed by atoms with Gasteiger partial charge in [-0.2, -0.15) is 0 Å². The Hall–Kier alpha value is -2.82. The average molecular weight is 528 g/mol. The minimum absolute atomic E-state index is 0.0486. The van der Waals surface area contributed by atoms with Gasteiger partial charge in [-0.15, -0.1) is 0 Å². The fraction of sp³-hybridized carbons (Fsp3) is 0.517. The summed E-state index contributed by atoms with van der Waals surface area (Å²) >= 11 is 0. The monoisotopic (exact) mass is 527 g/mol. The number of esters is 1. The van der Waals surface area contributed by atoms with Crippen LogP contribution < -0.4 is 5.32 Å². The van der Waals surface area contributed by atoms with Gasteiger partial charge in [0.15, 0.2) is 12.6 Å². The van der Waals surface area contributed by atoms with Crippen LogP contribution in [0.25, 0.3) is 0 Å². The summed E-state index contributed by atoms with van der Waals surface area (Å²) in [7, 11) is 0. The van der Waals surface area contributed by atoms with E-state index in [1.54, 1.807) is 0 Å². The van der Waals surface area contributed by atoms with Crippen molar-refractivity contribution in [2.45, 2.75) is 83.3 Å². The van der Waals surface area contributed by atoms with Crippen molar-refractivity contribution < 1.29 is 38.0 Å². The SMILES string of the molecule is CC(=O)N[C@@H]1[C@H](OCc2ccccc2)O[C@H]2CO[C@@H](c3ccccc3)O[C@H]2[C@H]1OCCC(=O)OC(C)(C)C. The molecule has 2 fully saturated rings. The molecule has 0 spiro atoms. The predicted molar refractivity (Wildman–Crippen MR) is 138 cm³/mol. The molecule has 6 atom stereocenters. The lowest BCUT2D eigenvalue weighted by atomic mass is 9.95. The van der Waals surface area contributed by atoms with Gasteiger partial charge in [-0.1, -0.05) is 60.7 Å². The third-order valence-corrected chi connectivity index (χ3v) is 6.07. The van der Waals surface area contributed by atoms with E-state index in [1.165, 1.54) is 6.92 Å². The second-order valence-corrected chi connectivity index (χ2v) is 10.4. The quantitative estimate of drug-likeness (QED) is 0.493. The highest BCUT2D eigenvalue weighted by Gasteiger charge is 2.51. The number of ether oxygens (including phenoxy) is 6. The molecule has 0 bridgehead atoms. The molecule has 1 amide bonds. The van der Waals surface area contributed by atoms with Gasteiger partial charge < -0.3 is 33.7 Å². The van der Waals surface area contributed by atoms with E-state index in [1.807, 2.05) is 81.4 Å². The van der Waals surface area contributed by atoms with E-state index in [9.17, 15) is 9.59 Å². The summed E-state index contributed by atoms with van der Waals surface area (Å²) in [6.45, 7) is 7.47. The standard InChI is InChI=1S/C29H37NO8/c1-19(31)30-24-26(33-16-15-23(32)38-29(2,3)4)25-22(18-35-27(37-25)21-13-9-6-10-14-21)36-28(24)34-17-20-11-7-5-8-12-20/h5-14,22,24-28H,15-18H2,1-4H3,(H,30,31)/t22-,24-,25+,26-,27+,28+/m0/s1. The van der Waals surface area contributed by atoms with Crippen LogP contribution >= 0.6 is 0 Å². The maximum atomic E-state index is 12.3. The fourth-order valence-electron chi connectivity index (χ4n) is 4.50. The highest BCUT2D eigenvalue weighted by molar-refractivity contribution is 5.73. The van der Waals surface area contributed by atoms with E-state index < -0.39 is 42.5 Å². The van der Waals surface area contributed by atoms with E-state index in [-0.39, 0.29) is 38.1 Å². The molecule has 206 valence electrons. The molecular formula is C29H37NO8. The Labute approximate surface area is 223 Å². The first-order valence-electron chi connectivity index (χ1n) is 12.9.